The molecule has 0 radical (unpaired) electrons. The second kappa shape index (κ2) is 8.68. The summed E-state index contributed by atoms with van der Waals surface area (Å²) < 4.78 is 1.93. The number of aromatic nitrogens is 1. The third-order valence-electron chi connectivity index (χ3n) is 5.73. The summed E-state index contributed by atoms with van der Waals surface area (Å²) in [6.45, 7) is 12.3. The molecule has 1 heterocycles. The van der Waals surface area contributed by atoms with Crippen LogP contribution in [0.15, 0.2) is 42.6 Å². The molecule has 1 amide bonds. The second-order valence-corrected chi connectivity index (χ2v) is 8.33. The molecular formula is C24H34N2O2. The smallest absolute Gasteiger partial charge is 0.230 e. The molecule has 1 aromatic heterocycles. The predicted octanol–water partition coefficient (Wildman–Crippen LogP) is 5.92. The number of carbonyl (C=O) groups excluding carboxylic acids is 1. The monoisotopic (exact) mass is 382 g/mol. The first-order chi connectivity index (χ1) is 13.2. The molecule has 0 aliphatic rings. The highest BCUT2D eigenvalue weighted by atomic mass is 16.3. The number of carbonyl (C=O) groups is 1. The van der Waals surface area contributed by atoms with Gasteiger partial charge >= 0.3 is 0 Å². The summed E-state index contributed by atoms with van der Waals surface area (Å²) in [5.74, 6) is 0.235. The highest BCUT2D eigenvalue weighted by Crippen LogP contribution is 2.36. The summed E-state index contributed by atoms with van der Waals surface area (Å²) in [7, 11) is 0. The van der Waals surface area contributed by atoms with Crippen LogP contribution in [0.5, 0.6) is 5.88 Å². The van der Waals surface area contributed by atoms with Crippen LogP contribution in [0.3, 0.4) is 0 Å². The Hall–Kier alpha value is -2.49. The van der Waals surface area contributed by atoms with Crippen LogP contribution in [0, 0.1) is 5.41 Å². The highest BCUT2D eigenvalue weighted by molar-refractivity contribution is 5.84. The van der Waals surface area contributed by atoms with Crippen LogP contribution >= 0.6 is 0 Å². The summed E-state index contributed by atoms with van der Waals surface area (Å²) in [5.41, 5.74) is 2.05. The van der Waals surface area contributed by atoms with Crippen molar-refractivity contribution >= 4 is 12.0 Å². The van der Waals surface area contributed by atoms with Crippen molar-refractivity contribution in [2.24, 2.45) is 5.41 Å². The fraction of sp³-hybridized carbons (Fsp3) is 0.458. The van der Waals surface area contributed by atoms with Gasteiger partial charge in [-0.2, -0.15) is 0 Å². The Morgan fingerprint density at radius 2 is 1.64 bits per heavy atom. The van der Waals surface area contributed by atoms with E-state index in [9.17, 15) is 9.90 Å². The molecular weight excluding hydrogens is 348 g/mol. The number of aromatic hydroxyl groups is 1. The molecule has 0 unspecified atom stereocenters. The zero-order chi connectivity index (χ0) is 20.9. The van der Waals surface area contributed by atoms with E-state index in [0.29, 0.717) is 5.56 Å². The molecule has 1 aromatic carbocycles. The Kier molecular flexibility index (Phi) is 6.76. The van der Waals surface area contributed by atoms with Gasteiger partial charge in [-0.1, -0.05) is 51.1 Å². The molecule has 0 saturated heterocycles. The van der Waals surface area contributed by atoms with E-state index in [-0.39, 0.29) is 22.7 Å². The van der Waals surface area contributed by atoms with Gasteiger partial charge in [0.15, 0.2) is 5.88 Å². The minimum Gasteiger partial charge on any atom is -0.494 e. The van der Waals surface area contributed by atoms with Crippen molar-refractivity contribution in [3.05, 3.63) is 48.2 Å². The molecule has 4 nitrogen and oxygen atoms in total. The topological polar surface area (TPSA) is 54.3 Å². The van der Waals surface area contributed by atoms with Gasteiger partial charge in [0.25, 0.3) is 0 Å². The quantitative estimate of drug-likeness (QED) is 0.624. The maximum atomic E-state index is 12.7. The maximum Gasteiger partial charge on any atom is 0.230 e. The third kappa shape index (κ3) is 4.32. The molecule has 2 rings (SSSR count). The van der Waals surface area contributed by atoms with Gasteiger partial charge in [-0.25, -0.2) is 0 Å². The van der Waals surface area contributed by atoms with Gasteiger partial charge in [0, 0.05) is 22.7 Å². The summed E-state index contributed by atoms with van der Waals surface area (Å²) in [6, 6.07) is 12.0. The van der Waals surface area contributed by atoms with Crippen molar-refractivity contribution in [3.63, 3.8) is 0 Å². The van der Waals surface area contributed by atoms with E-state index < -0.39 is 0 Å². The first kappa shape index (κ1) is 21.8. The number of rotatable bonds is 7. The summed E-state index contributed by atoms with van der Waals surface area (Å²) in [5, 5.41) is 13.8. The first-order valence-corrected chi connectivity index (χ1v) is 10.2. The number of hydrogen-bond donors (Lipinski definition) is 2. The van der Waals surface area contributed by atoms with Crippen LogP contribution < -0.4 is 5.32 Å². The minimum absolute atomic E-state index is 0.0364. The number of nitrogens with one attached hydrogen (secondary N) is 1. The van der Waals surface area contributed by atoms with E-state index in [1.54, 1.807) is 12.3 Å². The fourth-order valence-electron chi connectivity index (χ4n) is 3.73. The minimum atomic E-state index is -0.334. The molecule has 152 valence electrons. The van der Waals surface area contributed by atoms with Crippen molar-refractivity contribution in [3.8, 4) is 17.1 Å². The molecule has 0 aliphatic carbocycles. The molecule has 0 saturated carbocycles. The fourth-order valence-corrected chi connectivity index (χ4v) is 3.73. The van der Waals surface area contributed by atoms with E-state index in [2.05, 4.69) is 46.9 Å². The average Bonchev–Trinajstić information content (AvgIpc) is 3.01. The largest absolute Gasteiger partial charge is 0.494 e. The normalized spacial score (nSPS) is 12.5. The van der Waals surface area contributed by atoms with Crippen LogP contribution in [-0.4, -0.2) is 15.6 Å². The van der Waals surface area contributed by atoms with Crippen LogP contribution in [0.1, 0.15) is 66.4 Å². The number of hydrogen-bond acceptors (Lipinski definition) is 2. The average molecular weight is 383 g/mol. The van der Waals surface area contributed by atoms with E-state index in [0.717, 1.165) is 30.5 Å². The van der Waals surface area contributed by atoms with E-state index in [1.807, 2.05) is 41.0 Å². The van der Waals surface area contributed by atoms with Crippen LogP contribution in [-0.2, 0) is 10.3 Å². The first-order valence-electron chi connectivity index (χ1n) is 10.2. The molecule has 0 bridgehead atoms. The predicted molar refractivity (Wildman–Crippen MR) is 117 cm³/mol. The van der Waals surface area contributed by atoms with Crippen molar-refractivity contribution < 1.29 is 9.90 Å². The van der Waals surface area contributed by atoms with Crippen molar-refractivity contribution in [2.45, 2.75) is 66.3 Å². The summed E-state index contributed by atoms with van der Waals surface area (Å²) in [6.07, 6.45) is 5.85. The van der Waals surface area contributed by atoms with Crippen LogP contribution in [0.2, 0.25) is 0 Å². The van der Waals surface area contributed by atoms with Gasteiger partial charge in [0.05, 0.1) is 5.69 Å². The van der Waals surface area contributed by atoms with Crippen LogP contribution in [0.4, 0.5) is 0 Å². The second-order valence-electron chi connectivity index (χ2n) is 8.33. The Morgan fingerprint density at radius 1 is 1.07 bits per heavy atom. The zero-order valence-electron chi connectivity index (χ0n) is 18.0. The molecule has 0 aliphatic heterocycles. The Bertz CT molecular complexity index is 814. The summed E-state index contributed by atoms with van der Waals surface area (Å²) >= 11 is 0. The lowest BCUT2D eigenvalue weighted by Crippen LogP contribution is -2.37. The standard InChI is InChI=1S/C24H34N2O2/c1-7-24(8-2,9-3)22(28)25-16-15-19-17-20(18-13-11-10-12-14-18)26(21(19)27)23(4,5)6/h10-17,27H,7-9H2,1-6H3,(H,25,28)/b16-15-. The lowest BCUT2D eigenvalue weighted by Gasteiger charge is -2.28. The van der Waals surface area contributed by atoms with Gasteiger partial charge in [0.2, 0.25) is 5.91 Å². The summed E-state index contributed by atoms with van der Waals surface area (Å²) in [4.78, 5) is 12.7. The maximum absolute atomic E-state index is 12.7. The number of benzene rings is 1. The van der Waals surface area contributed by atoms with E-state index >= 15 is 0 Å². The van der Waals surface area contributed by atoms with Crippen molar-refractivity contribution in [1.82, 2.24) is 9.88 Å². The van der Waals surface area contributed by atoms with Crippen molar-refractivity contribution in [1.29, 1.82) is 0 Å². The number of amides is 1. The van der Waals surface area contributed by atoms with Gasteiger partial charge in [-0.3, -0.25) is 4.79 Å². The van der Waals surface area contributed by atoms with Gasteiger partial charge in [-0.15, -0.1) is 0 Å². The molecule has 0 atom stereocenters. The number of nitrogens with zero attached hydrogens (tertiary/aromatic N) is 1. The Morgan fingerprint density at radius 3 is 2.14 bits per heavy atom. The third-order valence-corrected chi connectivity index (χ3v) is 5.73. The molecule has 4 heteroatoms. The molecule has 2 aromatic rings. The lowest BCUT2D eigenvalue weighted by atomic mass is 9.79. The lowest BCUT2D eigenvalue weighted by molar-refractivity contribution is -0.130. The Balaban J connectivity index is 2.36. The highest BCUT2D eigenvalue weighted by Gasteiger charge is 2.32. The molecule has 0 spiro atoms. The Labute approximate surface area is 169 Å². The van der Waals surface area contributed by atoms with E-state index in [1.165, 1.54) is 0 Å². The SMILES string of the molecule is CCC(CC)(CC)C(=O)N/C=C\c1cc(-c2ccccc2)n(C(C)(C)C)c1O. The van der Waals surface area contributed by atoms with Crippen LogP contribution in [0.25, 0.3) is 17.3 Å². The molecule has 0 fully saturated rings. The van der Waals surface area contributed by atoms with E-state index in [4.69, 9.17) is 0 Å². The molecule has 2 N–H and O–H groups in total. The van der Waals surface area contributed by atoms with Gasteiger partial charge < -0.3 is 15.0 Å². The van der Waals surface area contributed by atoms with Crippen molar-refractivity contribution in [2.75, 3.05) is 0 Å². The molecule has 28 heavy (non-hydrogen) atoms. The van der Waals surface area contributed by atoms with Gasteiger partial charge in [0.1, 0.15) is 0 Å². The van der Waals surface area contributed by atoms with Gasteiger partial charge in [-0.05, 0) is 57.7 Å². The zero-order valence-corrected chi connectivity index (χ0v) is 18.0.